The second-order valence-electron chi connectivity index (χ2n) is 8.16. The summed E-state index contributed by atoms with van der Waals surface area (Å²) >= 11 is 6.40. The summed E-state index contributed by atoms with van der Waals surface area (Å²) in [6.07, 6.45) is 6.93. The molecule has 0 amide bonds. The number of aromatic nitrogens is 1. The summed E-state index contributed by atoms with van der Waals surface area (Å²) in [5, 5.41) is 24.1. The van der Waals surface area contributed by atoms with E-state index in [1.807, 2.05) is 0 Å². The van der Waals surface area contributed by atoms with Crippen molar-refractivity contribution in [3.8, 4) is 5.75 Å². The largest absolute Gasteiger partial charge is 0.489 e. The number of β-amino-alcohol motifs (C(OH)–C–C–N with tert-alkyl or cyclic N) is 1. The highest BCUT2D eigenvalue weighted by Crippen LogP contribution is 2.42. The van der Waals surface area contributed by atoms with Crippen molar-refractivity contribution in [1.29, 1.82) is 0 Å². The Kier molecular flexibility index (Phi) is 6.53. The van der Waals surface area contributed by atoms with Crippen LogP contribution in [0.25, 0.3) is 0 Å². The fourth-order valence-electron chi connectivity index (χ4n) is 3.72. The second-order valence-corrected chi connectivity index (χ2v) is 8.57. The quantitative estimate of drug-likeness (QED) is 0.322. The van der Waals surface area contributed by atoms with Gasteiger partial charge in [-0.2, -0.15) is 0 Å². The van der Waals surface area contributed by atoms with Crippen LogP contribution in [0.2, 0.25) is 5.02 Å². The van der Waals surface area contributed by atoms with Gasteiger partial charge < -0.3 is 24.4 Å². The van der Waals surface area contributed by atoms with E-state index in [-0.39, 0.29) is 18.7 Å². The van der Waals surface area contributed by atoms with E-state index < -0.39 is 17.4 Å². The third-order valence-corrected chi connectivity index (χ3v) is 5.82. The van der Waals surface area contributed by atoms with Gasteiger partial charge in [-0.15, -0.1) is 0 Å². The average molecular weight is 476 g/mol. The van der Waals surface area contributed by atoms with E-state index in [4.69, 9.17) is 26.0 Å². The van der Waals surface area contributed by atoms with Crippen LogP contribution in [0.1, 0.15) is 35.6 Å². The van der Waals surface area contributed by atoms with E-state index in [0.29, 0.717) is 28.9 Å². The van der Waals surface area contributed by atoms with Crippen LogP contribution in [0, 0.1) is 0 Å². The minimum absolute atomic E-state index is 0.101. The van der Waals surface area contributed by atoms with Crippen LogP contribution < -0.4 is 4.74 Å². The van der Waals surface area contributed by atoms with E-state index in [0.717, 1.165) is 42.7 Å². The number of aliphatic hydroxyl groups is 1. The lowest BCUT2D eigenvalue weighted by molar-refractivity contribution is -0.132. The lowest BCUT2D eigenvalue weighted by Gasteiger charge is -2.46. The van der Waals surface area contributed by atoms with Gasteiger partial charge in [0.05, 0.1) is 35.4 Å². The van der Waals surface area contributed by atoms with E-state index in [2.05, 4.69) is 10.1 Å². The molecule has 10 heteroatoms. The Balaban J connectivity index is 1.38. The molecular weight excluding hydrogens is 453 g/mol. The van der Waals surface area contributed by atoms with Gasteiger partial charge in [0.2, 0.25) is 0 Å². The molecule has 2 heterocycles. The number of carboxylic acid groups (broad SMARTS) is 1. The first kappa shape index (κ1) is 23.0. The molecule has 1 aliphatic heterocycles. The fourth-order valence-corrected chi connectivity index (χ4v) is 4.07. The topological polar surface area (TPSA) is 108 Å². The zero-order valence-electron chi connectivity index (χ0n) is 17.9. The Morgan fingerprint density at radius 1 is 1.45 bits per heavy atom. The molecule has 4 rings (SSSR count). The smallest absolute Gasteiger partial charge is 0.337 e. The lowest BCUT2D eigenvalue weighted by Crippen LogP contribution is -2.57. The molecule has 1 saturated carbocycles. The normalized spacial score (nSPS) is 18.5. The van der Waals surface area contributed by atoms with Gasteiger partial charge in [0.15, 0.2) is 0 Å². The molecule has 8 nitrogen and oxygen atoms in total. The first-order chi connectivity index (χ1) is 15.8. The first-order valence-electron chi connectivity index (χ1n) is 10.4. The predicted molar refractivity (Wildman–Crippen MR) is 119 cm³/mol. The number of likely N-dealkylation sites (tertiary alicyclic amines) is 1. The van der Waals surface area contributed by atoms with E-state index in [1.165, 1.54) is 11.9 Å². The van der Waals surface area contributed by atoms with Gasteiger partial charge in [0, 0.05) is 30.9 Å². The zero-order chi connectivity index (χ0) is 23.6. The van der Waals surface area contributed by atoms with Gasteiger partial charge in [-0.3, -0.25) is 4.99 Å². The lowest BCUT2D eigenvalue weighted by atomic mass is 9.86. The summed E-state index contributed by atoms with van der Waals surface area (Å²) in [4.78, 5) is 16.2. The third-order valence-electron chi connectivity index (χ3n) is 5.50. The molecular formula is C23H23ClFN3O5. The fraction of sp³-hybridized carbons (Fsp3) is 0.348. The minimum atomic E-state index is -1.29. The van der Waals surface area contributed by atoms with Crippen molar-refractivity contribution < 1.29 is 28.7 Å². The molecule has 0 spiro atoms. The maximum atomic E-state index is 14.2. The predicted octanol–water partition coefficient (Wildman–Crippen LogP) is 3.81. The van der Waals surface area contributed by atoms with Crippen LogP contribution in [0.3, 0.4) is 0 Å². The van der Waals surface area contributed by atoms with Crippen molar-refractivity contribution in [2.45, 2.75) is 31.0 Å². The number of carbonyl (C=O) groups is 1. The zero-order valence-corrected chi connectivity index (χ0v) is 18.6. The minimum Gasteiger partial charge on any atom is -0.489 e. The Morgan fingerprint density at radius 2 is 2.21 bits per heavy atom. The van der Waals surface area contributed by atoms with E-state index in [1.54, 1.807) is 24.4 Å². The highest BCUT2D eigenvalue weighted by molar-refractivity contribution is 6.31. The van der Waals surface area contributed by atoms with Crippen LogP contribution in [0.15, 0.2) is 57.6 Å². The molecule has 2 fully saturated rings. The maximum Gasteiger partial charge on any atom is 0.337 e. The molecule has 0 unspecified atom stereocenters. The van der Waals surface area contributed by atoms with Gasteiger partial charge in [0.25, 0.3) is 0 Å². The van der Waals surface area contributed by atoms with Gasteiger partial charge in [0.1, 0.15) is 29.5 Å². The van der Waals surface area contributed by atoms with Crippen molar-refractivity contribution in [1.82, 2.24) is 10.1 Å². The van der Waals surface area contributed by atoms with Crippen molar-refractivity contribution in [2.75, 3.05) is 20.1 Å². The number of aliphatic carboxylic acids is 1. The number of ether oxygens (including phenoxy) is 1. The van der Waals surface area contributed by atoms with Crippen LogP contribution in [0.4, 0.5) is 4.39 Å². The Hall–Kier alpha value is -3.17. The summed E-state index contributed by atoms with van der Waals surface area (Å²) < 4.78 is 25.3. The van der Waals surface area contributed by atoms with E-state index in [9.17, 15) is 14.3 Å². The molecule has 1 aromatic carbocycles. The molecule has 0 bridgehead atoms. The van der Waals surface area contributed by atoms with Crippen LogP contribution >= 0.6 is 11.6 Å². The van der Waals surface area contributed by atoms with Gasteiger partial charge in [-0.05, 0) is 31.1 Å². The molecule has 2 aromatic rings. The highest BCUT2D eigenvalue weighted by atomic mass is 35.5. The summed E-state index contributed by atoms with van der Waals surface area (Å²) in [5.74, 6) is -0.206. The van der Waals surface area contributed by atoms with Crippen LogP contribution in [0.5, 0.6) is 5.75 Å². The molecule has 2 N–H and O–H groups in total. The first-order valence-corrected chi connectivity index (χ1v) is 10.7. The SMILES string of the molecule is C\N=C/C(=C\C(F)=C\N1CC(O)(c2ccc(OCc3cnoc3C3CC3)cc2Cl)C1)C(=O)O. The molecule has 2 aliphatic rings. The van der Waals surface area contributed by atoms with E-state index >= 15 is 0 Å². The number of hydrogen-bond acceptors (Lipinski definition) is 7. The number of allylic oxidation sites excluding steroid dienone is 2. The standard InChI is InChI=1S/C23H23ClFN3O5/c1-26-8-15(22(29)30)6-17(25)10-28-12-23(31,13-28)19-5-4-18(7-20(19)24)32-11-16-9-27-33-21(16)14-2-3-14/h4-10,14,31H,2-3,11-13H2,1H3,(H,29,30)/b15-6+,17-10-,26-8-. The van der Waals surface area contributed by atoms with Crippen molar-refractivity contribution in [3.05, 3.63) is 70.0 Å². The Bertz CT molecular complexity index is 1130. The van der Waals surface area contributed by atoms with Gasteiger partial charge in [-0.1, -0.05) is 22.8 Å². The van der Waals surface area contributed by atoms with Crippen molar-refractivity contribution in [2.24, 2.45) is 4.99 Å². The summed E-state index contributed by atoms with van der Waals surface area (Å²) in [7, 11) is 1.40. The van der Waals surface area contributed by atoms with Crippen molar-refractivity contribution in [3.63, 3.8) is 0 Å². The average Bonchev–Trinajstić information content (AvgIpc) is 3.48. The molecule has 33 heavy (non-hydrogen) atoms. The summed E-state index contributed by atoms with van der Waals surface area (Å²) in [6.45, 7) is 0.509. The second kappa shape index (κ2) is 9.36. The summed E-state index contributed by atoms with van der Waals surface area (Å²) in [5.41, 5.74) is -0.129. The Labute approximate surface area is 194 Å². The number of nitrogens with zero attached hydrogens (tertiary/aromatic N) is 3. The highest BCUT2D eigenvalue weighted by Gasteiger charge is 2.43. The molecule has 0 radical (unpaired) electrons. The third kappa shape index (κ3) is 5.26. The van der Waals surface area contributed by atoms with Gasteiger partial charge in [-0.25, -0.2) is 9.18 Å². The van der Waals surface area contributed by atoms with Crippen molar-refractivity contribution >= 4 is 23.8 Å². The monoisotopic (exact) mass is 475 g/mol. The van der Waals surface area contributed by atoms with Crippen LogP contribution in [-0.2, 0) is 17.0 Å². The number of rotatable bonds is 9. The number of halogens is 2. The maximum absolute atomic E-state index is 14.2. The number of hydrogen-bond donors (Lipinski definition) is 2. The number of aliphatic imine (C=N–C) groups is 1. The molecule has 1 aromatic heterocycles. The summed E-state index contributed by atoms with van der Waals surface area (Å²) in [6, 6.07) is 5.03. The number of carboxylic acids is 1. The molecule has 174 valence electrons. The Morgan fingerprint density at radius 3 is 2.85 bits per heavy atom. The molecule has 1 saturated heterocycles. The molecule has 1 aliphatic carbocycles. The number of benzene rings is 1. The molecule has 0 atom stereocenters. The van der Waals surface area contributed by atoms with Gasteiger partial charge >= 0.3 is 5.97 Å². The van der Waals surface area contributed by atoms with Crippen LogP contribution in [-0.4, -0.2) is 52.6 Å².